The molecule has 1 N–H and O–H groups in total. The summed E-state index contributed by atoms with van der Waals surface area (Å²) in [6, 6.07) is 3.57. The van der Waals surface area contributed by atoms with Gasteiger partial charge in [-0.1, -0.05) is 0 Å². The van der Waals surface area contributed by atoms with Crippen LogP contribution in [0.1, 0.15) is 25.8 Å². The minimum absolute atomic E-state index is 0.00966. The topological polar surface area (TPSA) is 83.1 Å². The predicted molar refractivity (Wildman–Crippen MR) is 88.7 cm³/mol. The highest BCUT2D eigenvalue weighted by Gasteiger charge is 2.14. The molecule has 0 aliphatic rings. The standard InChI is InChI=1S/C17H25NO6/c1-11(2)18-15(19)10-24-16(20)7-6-12-8-13(21-3)17(23-5)14(9-12)22-4/h8-9,11H,6-7,10H2,1-5H3,(H,18,19). The van der Waals surface area contributed by atoms with Crippen LogP contribution in [0.5, 0.6) is 17.2 Å². The van der Waals surface area contributed by atoms with Gasteiger partial charge in [0, 0.05) is 12.5 Å². The van der Waals surface area contributed by atoms with Crippen molar-refractivity contribution in [3.63, 3.8) is 0 Å². The Kier molecular flexibility index (Phi) is 7.88. The van der Waals surface area contributed by atoms with Gasteiger partial charge in [0.2, 0.25) is 5.75 Å². The molecule has 0 fully saturated rings. The highest BCUT2D eigenvalue weighted by Crippen LogP contribution is 2.38. The third-order valence-corrected chi connectivity index (χ3v) is 3.16. The monoisotopic (exact) mass is 339 g/mol. The number of nitrogens with one attached hydrogen (secondary N) is 1. The fourth-order valence-corrected chi connectivity index (χ4v) is 2.11. The van der Waals surface area contributed by atoms with Crippen LogP contribution >= 0.6 is 0 Å². The Balaban J connectivity index is 2.60. The third kappa shape index (κ3) is 5.98. The van der Waals surface area contributed by atoms with Crippen molar-refractivity contribution in [1.29, 1.82) is 0 Å². The number of methoxy groups -OCH3 is 3. The minimum Gasteiger partial charge on any atom is -0.493 e. The number of carbonyl (C=O) groups is 2. The number of benzene rings is 1. The number of rotatable bonds is 9. The number of ether oxygens (including phenoxy) is 4. The summed E-state index contributed by atoms with van der Waals surface area (Å²) in [4.78, 5) is 23.2. The van der Waals surface area contributed by atoms with Gasteiger partial charge < -0.3 is 24.3 Å². The van der Waals surface area contributed by atoms with E-state index in [0.717, 1.165) is 5.56 Å². The molecule has 0 spiro atoms. The van der Waals surface area contributed by atoms with Gasteiger partial charge in [0.15, 0.2) is 18.1 Å². The quantitative estimate of drug-likeness (QED) is 0.690. The van der Waals surface area contributed by atoms with Gasteiger partial charge in [-0.05, 0) is 38.0 Å². The molecule has 1 aromatic carbocycles. The maximum Gasteiger partial charge on any atom is 0.306 e. The van der Waals surface area contributed by atoms with E-state index in [1.807, 2.05) is 13.8 Å². The Morgan fingerprint density at radius 3 is 2.08 bits per heavy atom. The molecule has 7 nitrogen and oxygen atoms in total. The molecule has 0 radical (unpaired) electrons. The van der Waals surface area contributed by atoms with Gasteiger partial charge in [0.05, 0.1) is 21.3 Å². The molecular formula is C17H25NO6. The molecule has 0 saturated carbocycles. The Morgan fingerprint density at radius 1 is 1.04 bits per heavy atom. The lowest BCUT2D eigenvalue weighted by molar-refractivity contribution is -0.148. The molecule has 0 aliphatic heterocycles. The summed E-state index contributed by atoms with van der Waals surface area (Å²) in [6.45, 7) is 3.40. The molecule has 0 aromatic heterocycles. The Morgan fingerprint density at radius 2 is 1.62 bits per heavy atom. The van der Waals surface area contributed by atoms with Gasteiger partial charge in [-0.3, -0.25) is 9.59 Å². The molecule has 24 heavy (non-hydrogen) atoms. The van der Waals surface area contributed by atoms with E-state index in [1.165, 1.54) is 21.3 Å². The maximum absolute atomic E-state index is 11.7. The maximum atomic E-state index is 11.7. The zero-order valence-corrected chi connectivity index (χ0v) is 14.8. The highest BCUT2D eigenvalue weighted by atomic mass is 16.5. The first-order valence-corrected chi connectivity index (χ1v) is 7.65. The summed E-state index contributed by atoms with van der Waals surface area (Å²) in [5.41, 5.74) is 0.841. The molecule has 0 atom stereocenters. The predicted octanol–water partition coefficient (Wildman–Crippen LogP) is 1.71. The molecule has 1 amide bonds. The van der Waals surface area contributed by atoms with E-state index >= 15 is 0 Å². The summed E-state index contributed by atoms with van der Waals surface area (Å²) < 4.78 is 20.7. The lowest BCUT2D eigenvalue weighted by Crippen LogP contribution is -2.34. The number of aryl methyl sites for hydroxylation is 1. The first-order valence-electron chi connectivity index (χ1n) is 7.65. The number of hydrogen-bond acceptors (Lipinski definition) is 6. The van der Waals surface area contributed by atoms with Crippen molar-refractivity contribution >= 4 is 11.9 Å². The summed E-state index contributed by atoms with van der Waals surface area (Å²) in [6.07, 6.45) is 0.578. The number of amides is 1. The normalized spacial score (nSPS) is 10.2. The summed E-state index contributed by atoms with van der Waals surface area (Å²) >= 11 is 0. The van der Waals surface area contributed by atoms with Crippen LogP contribution in [0.3, 0.4) is 0 Å². The first kappa shape index (κ1) is 19.6. The fourth-order valence-electron chi connectivity index (χ4n) is 2.11. The van der Waals surface area contributed by atoms with Crippen molar-refractivity contribution < 1.29 is 28.5 Å². The molecule has 0 aliphatic carbocycles. The number of esters is 1. The molecule has 7 heteroatoms. The zero-order valence-electron chi connectivity index (χ0n) is 14.8. The van der Waals surface area contributed by atoms with Crippen molar-refractivity contribution in [2.45, 2.75) is 32.7 Å². The van der Waals surface area contributed by atoms with Crippen LogP contribution in [0.25, 0.3) is 0 Å². The molecule has 0 bridgehead atoms. The summed E-state index contributed by atoms with van der Waals surface area (Å²) in [7, 11) is 4.59. The number of carbonyl (C=O) groups excluding carboxylic acids is 2. The van der Waals surface area contributed by atoms with Gasteiger partial charge in [-0.25, -0.2) is 0 Å². The van der Waals surface area contributed by atoms with Crippen molar-refractivity contribution in [2.75, 3.05) is 27.9 Å². The largest absolute Gasteiger partial charge is 0.493 e. The van der Waals surface area contributed by atoms with Crippen LogP contribution in [0.2, 0.25) is 0 Å². The van der Waals surface area contributed by atoms with Crippen LogP contribution in [-0.4, -0.2) is 45.9 Å². The Labute approximate surface area is 142 Å². The van der Waals surface area contributed by atoms with Crippen molar-refractivity contribution in [3.8, 4) is 17.2 Å². The molecule has 1 aromatic rings. The van der Waals surface area contributed by atoms with E-state index < -0.39 is 5.97 Å². The second-order valence-corrected chi connectivity index (χ2v) is 5.42. The summed E-state index contributed by atoms with van der Waals surface area (Å²) in [5.74, 6) is 0.790. The molecule has 0 saturated heterocycles. The highest BCUT2D eigenvalue weighted by molar-refractivity contribution is 5.80. The molecule has 0 heterocycles. The van der Waals surface area contributed by atoms with Crippen molar-refractivity contribution in [2.24, 2.45) is 0 Å². The molecule has 0 unspecified atom stereocenters. The van der Waals surface area contributed by atoms with Gasteiger partial charge in [-0.2, -0.15) is 0 Å². The van der Waals surface area contributed by atoms with Crippen LogP contribution < -0.4 is 19.5 Å². The van der Waals surface area contributed by atoms with E-state index in [0.29, 0.717) is 23.7 Å². The van der Waals surface area contributed by atoms with Gasteiger partial charge >= 0.3 is 5.97 Å². The third-order valence-electron chi connectivity index (χ3n) is 3.16. The SMILES string of the molecule is COc1cc(CCC(=O)OCC(=O)NC(C)C)cc(OC)c1OC. The Hall–Kier alpha value is -2.44. The van der Waals surface area contributed by atoms with E-state index in [9.17, 15) is 9.59 Å². The van der Waals surface area contributed by atoms with Crippen molar-refractivity contribution in [1.82, 2.24) is 5.32 Å². The smallest absolute Gasteiger partial charge is 0.306 e. The van der Waals surface area contributed by atoms with E-state index in [1.54, 1.807) is 12.1 Å². The average molecular weight is 339 g/mol. The lowest BCUT2D eigenvalue weighted by atomic mass is 10.1. The average Bonchev–Trinajstić information content (AvgIpc) is 2.56. The lowest BCUT2D eigenvalue weighted by Gasteiger charge is -2.14. The molecule has 134 valence electrons. The van der Waals surface area contributed by atoms with Gasteiger partial charge in [-0.15, -0.1) is 0 Å². The van der Waals surface area contributed by atoms with Crippen LogP contribution in [-0.2, 0) is 20.7 Å². The van der Waals surface area contributed by atoms with E-state index in [2.05, 4.69) is 5.32 Å². The van der Waals surface area contributed by atoms with Crippen LogP contribution in [0.15, 0.2) is 12.1 Å². The van der Waals surface area contributed by atoms with Crippen molar-refractivity contribution in [3.05, 3.63) is 17.7 Å². The van der Waals surface area contributed by atoms with Crippen LogP contribution in [0.4, 0.5) is 0 Å². The van der Waals surface area contributed by atoms with Crippen LogP contribution in [0, 0.1) is 0 Å². The summed E-state index contributed by atoms with van der Waals surface area (Å²) in [5, 5.41) is 2.65. The number of hydrogen-bond donors (Lipinski definition) is 1. The molecule has 1 rings (SSSR count). The van der Waals surface area contributed by atoms with Gasteiger partial charge in [0.1, 0.15) is 0 Å². The fraction of sp³-hybridized carbons (Fsp3) is 0.529. The first-order chi connectivity index (χ1) is 11.4. The minimum atomic E-state index is -0.442. The zero-order chi connectivity index (χ0) is 18.1. The molecular weight excluding hydrogens is 314 g/mol. The van der Waals surface area contributed by atoms with E-state index in [4.69, 9.17) is 18.9 Å². The van der Waals surface area contributed by atoms with Gasteiger partial charge in [0.25, 0.3) is 5.91 Å². The Bertz CT molecular complexity index is 545. The second kappa shape index (κ2) is 9.64. The van der Waals surface area contributed by atoms with E-state index in [-0.39, 0.29) is 25.0 Å². The second-order valence-electron chi connectivity index (χ2n) is 5.42.